The highest BCUT2D eigenvalue weighted by Crippen LogP contribution is 2.26. The van der Waals surface area contributed by atoms with Crippen molar-refractivity contribution >= 4 is 15.9 Å². The normalized spacial score (nSPS) is 17.1. The smallest absolute Gasteiger partial charge is 0.243 e. The van der Waals surface area contributed by atoms with Gasteiger partial charge in [0.25, 0.3) is 0 Å². The molecule has 1 aliphatic rings. The molecule has 1 heterocycles. The molecular weight excluding hydrogens is 384 g/mol. The predicted octanol–water partition coefficient (Wildman–Crippen LogP) is 3.97. The number of amides is 1. The van der Waals surface area contributed by atoms with Crippen LogP contribution in [0.5, 0.6) is 0 Å². The molecule has 0 saturated carbocycles. The molecule has 0 unspecified atom stereocenters. The van der Waals surface area contributed by atoms with Crippen LogP contribution in [0.15, 0.2) is 53.4 Å². The fourth-order valence-electron chi connectivity index (χ4n) is 4.01. The Morgan fingerprint density at radius 2 is 1.76 bits per heavy atom. The number of hydrogen-bond acceptors (Lipinski definition) is 3. The minimum atomic E-state index is -3.49. The summed E-state index contributed by atoms with van der Waals surface area (Å²) in [5.74, 6) is -0.134. The summed E-state index contributed by atoms with van der Waals surface area (Å²) in [6, 6.07) is 14.8. The zero-order chi connectivity index (χ0) is 21.0. The maximum Gasteiger partial charge on any atom is 0.243 e. The first-order chi connectivity index (χ1) is 13.8. The molecule has 1 aliphatic heterocycles. The molecule has 5 nitrogen and oxygen atoms in total. The molecule has 0 bridgehead atoms. The van der Waals surface area contributed by atoms with E-state index < -0.39 is 10.0 Å². The zero-order valence-corrected chi connectivity index (χ0v) is 18.2. The van der Waals surface area contributed by atoms with Crippen LogP contribution in [0.1, 0.15) is 48.9 Å². The maximum absolute atomic E-state index is 12.9. The Bertz CT molecular complexity index is 949. The highest BCUT2D eigenvalue weighted by atomic mass is 32.2. The van der Waals surface area contributed by atoms with Crippen LogP contribution in [0.4, 0.5) is 0 Å². The van der Waals surface area contributed by atoms with E-state index in [2.05, 4.69) is 44.3 Å². The third-order valence-electron chi connectivity index (χ3n) is 5.73. The number of nitrogens with one attached hydrogen (secondary N) is 1. The van der Waals surface area contributed by atoms with Crippen LogP contribution in [-0.4, -0.2) is 31.7 Å². The van der Waals surface area contributed by atoms with Gasteiger partial charge in [0.05, 0.1) is 10.9 Å². The Hall–Kier alpha value is -2.18. The van der Waals surface area contributed by atoms with Crippen molar-refractivity contribution in [3.63, 3.8) is 0 Å². The Morgan fingerprint density at radius 3 is 2.34 bits per heavy atom. The van der Waals surface area contributed by atoms with Crippen molar-refractivity contribution in [2.75, 3.05) is 13.1 Å². The Morgan fingerprint density at radius 1 is 1.10 bits per heavy atom. The standard InChI is InChI=1S/C23H30N2O3S/c1-4-22(21-11-10-17(2)16-18(21)3)24-23(26)19-12-14-25(15-13-19)29(27,28)20-8-6-5-7-9-20/h5-11,16,19,22H,4,12-15H2,1-3H3,(H,24,26)/t22-/m0/s1. The van der Waals surface area contributed by atoms with Crippen LogP contribution < -0.4 is 5.32 Å². The van der Waals surface area contributed by atoms with E-state index in [1.165, 1.54) is 15.4 Å². The number of benzene rings is 2. The molecule has 1 atom stereocenters. The third-order valence-corrected chi connectivity index (χ3v) is 7.64. The van der Waals surface area contributed by atoms with Crippen molar-refractivity contribution in [3.8, 4) is 0 Å². The molecule has 2 aromatic rings. The van der Waals surface area contributed by atoms with Gasteiger partial charge >= 0.3 is 0 Å². The highest BCUT2D eigenvalue weighted by Gasteiger charge is 2.32. The van der Waals surface area contributed by atoms with E-state index in [1.807, 2.05) is 0 Å². The highest BCUT2D eigenvalue weighted by molar-refractivity contribution is 7.89. The minimum absolute atomic E-state index is 0.0193. The zero-order valence-electron chi connectivity index (χ0n) is 17.4. The minimum Gasteiger partial charge on any atom is -0.349 e. The van der Waals surface area contributed by atoms with Crippen molar-refractivity contribution in [2.24, 2.45) is 5.92 Å². The van der Waals surface area contributed by atoms with Gasteiger partial charge < -0.3 is 5.32 Å². The largest absolute Gasteiger partial charge is 0.349 e. The summed E-state index contributed by atoms with van der Waals surface area (Å²) in [7, 11) is -3.49. The fourth-order valence-corrected chi connectivity index (χ4v) is 5.50. The summed E-state index contributed by atoms with van der Waals surface area (Å²) in [5, 5.41) is 3.19. The lowest BCUT2D eigenvalue weighted by molar-refractivity contribution is -0.126. The molecule has 1 N–H and O–H groups in total. The SMILES string of the molecule is CC[C@H](NC(=O)C1CCN(S(=O)(=O)c2ccccc2)CC1)c1ccc(C)cc1C. The van der Waals surface area contributed by atoms with E-state index in [-0.39, 0.29) is 17.9 Å². The van der Waals surface area contributed by atoms with Gasteiger partial charge in [0, 0.05) is 19.0 Å². The second-order valence-corrected chi connectivity index (χ2v) is 9.76. The van der Waals surface area contributed by atoms with Crippen LogP contribution >= 0.6 is 0 Å². The van der Waals surface area contributed by atoms with Crippen molar-refractivity contribution in [2.45, 2.75) is 51.0 Å². The molecule has 2 aromatic carbocycles. The fraction of sp³-hybridized carbons (Fsp3) is 0.435. The van der Waals surface area contributed by atoms with Gasteiger partial charge in [-0.2, -0.15) is 4.31 Å². The number of rotatable bonds is 6. The van der Waals surface area contributed by atoms with Crippen molar-refractivity contribution in [1.29, 1.82) is 0 Å². The average molecular weight is 415 g/mol. The number of piperidine rings is 1. The van der Waals surface area contributed by atoms with Crippen molar-refractivity contribution in [3.05, 3.63) is 65.2 Å². The van der Waals surface area contributed by atoms with Gasteiger partial charge in [-0.25, -0.2) is 8.42 Å². The molecule has 0 aromatic heterocycles. The Kier molecular flexibility index (Phi) is 6.75. The van der Waals surface area contributed by atoms with Crippen LogP contribution in [-0.2, 0) is 14.8 Å². The van der Waals surface area contributed by atoms with Gasteiger partial charge in [0.2, 0.25) is 15.9 Å². The van der Waals surface area contributed by atoms with Gasteiger partial charge in [0.15, 0.2) is 0 Å². The van der Waals surface area contributed by atoms with E-state index in [4.69, 9.17) is 0 Å². The molecule has 6 heteroatoms. The molecule has 1 saturated heterocycles. The topological polar surface area (TPSA) is 66.5 Å². The summed E-state index contributed by atoms with van der Waals surface area (Å²) >= 11 is 0. The van der Waals surface area contributed by atoms with Crippen molar-refractivity contribution < 1.29 is 13.2 Å². The van der Waals surface area contributed by atoms with E-state index in [0.717, 1.165) is 12.0 Å². The summed E-state index contributed by atoms with van der Waals surface area (Å²) in [6.07, 6.45) is 1.90. The summed E-state index contributed by atoms with van der Waals surface area (Å²) in [4.78, 5) is 13.2. The first-order valence-electron chi connectivity index (χ1n) is 10.3. The Labute approximate surface area is 174 Å². The molecule has 1 amide bonds. The van der Waals surface area contributed by atoms with Crippen LogP contribution in [0.2, 0.25) is 0 Å². The van der Waals surface area contributed by atoms with Gasteiger partial charge in [-0.05, 0) is 56.4 Å². The van der Waals surface area contributed by atoms with E-state index >= 15 is 0 Å². The molecule has 1 fully saturated rings. The first kappa shape index (κ1) is 21.5. The number of aryl methyl sites for hydroxylation is 2. The van der Waals surface area contributed by atoms with E-state index in [0.29, 0.717) is 30.8 Å². The monoisotopic (exact) mass is 414 g/mol. The second-order valence-electron chi connectivity index (χ2n) is 7.82. The number of sulfonamides is 1. The van der Waals surface area contributed by atoms with Crippen LogP contribution in [0.25, 0.3) is 0 Å². The predicted molar refractivity (Wildman–Crippen MR) is 115 cm³/mol. The molecule has 156 valence electrons. The molecule has 3 rings (SSSR count). The number of carbonyl (C=O) groups excluding carboxylic acids is 1. The second kappa shape index (κ2) is 9.09. The number of hydrogen-bond donors (Lipinski definition) is 1. The maximum atomic E-state index is 12.9. The first-order valence-corrected chi connectivity index (χ1v) is 11.7. The summed E-state index contributed by atoms with van der Waals surface area (Å²) in [5.41, 5.74) is 3.54. The third kappa shape index (κ3) is 4.87. The summed E-state index contributed by atoms with van der Waals surface area (Å²) in [6.45, 7) is 6.95. The quantitative estimate of drug-likeness (QED) is 0.778. The molecule has 0 aliphatic carbocycles. The van der Waals surface area contributed by atoms with Crippen LogP contribution in [0.3, 0.4) is 0 Å². The number of carbonyl (C=O) groups is 1. The van der Waals surface area contributed by atoms with Gasteiger partial charge in [-0.3, -0.25) is 4.79 Å². The lowest BCUT2D eigenvalue weighted by atomic mass is 9.94. The molecule has 29 heavy (non-hydrogen) atoms. The van der Waals surface area contributed by atoms with E-state index in [9.17, 15) is 13.2 Å². The van der Waals surface area contributed by atoms with Crippen LogP contribution in [0, 0.1) is 19.8 Å². The lowest BCUT2D eigenvalue weighted by Crippen LogP contribution is -2.43. The van der Waals surface area contributed by atoms with Gasteiger partial charge in [0.1, 0.15) is 0 Å². The average Bonchev–Trinajstić information content (AvgIpc) is 2.73. The number of nitrogens with zero attached hydrogens (tertiary/aromatic N) is 1. The lowest BCUT2D eigenvalue weighted by Gasteiger charge is -2.31. The molecule has 0 radical (unpaired) electrons. The Balaban J connectivity index is 1.62. The molecule has 0 spiro atoms. The summed E-state index contributed by atoms with van der Waals surface area (Å²) < 4.78 is 27.0. The van der Waals surface area contributed by atoms with Gasteiger partial charge in [-0.1, -0.05) is 48.9 Å². The van der Waals surface area contributed by atoms with Crippen molar-refractivity contribution in [1.82, 2.24) is 9.62 Å². The molecular formula is C23H30N2O3S. The van der Waals surface area contributed by atoms with Gasteiger partial charge in [-0.15, -0.1) is 0 Å². The van der Waals surface area contributed by atoms with E-state index in [1.54, 1.807) is 30.3 Å².